The summed E-state index contributed by atoms with van der Waals surface area (Å²) in [5.41, 5.74) is 1.62. The Morgan fingerprint density at radius 3 is 2.45 bits per heavy atom. The normalized spacial score (nSPS) is 14.4. The van der Waals surface area contributed by atoms with Crippen LogP contribution in [0.4, 0.5) is 0 Å². The molecule has 1 atom stereocenters. The van der Waals surface area contributed by atoms with E-state index in [1.165, 1.54) is 4.90 Å². The minimum absolute atomic E-state index is 0.247. The predicted molar refractivity (Wildman–Crippen MR) is 110 cm³/mol. The smallest absolute Gasteiger partial charge is 0.261 e. The maximum atomic E-state index is 12.7. The Morgan fingerprint density at radius 1 is 0.931 bits per heavy atom. The average Bonchev–Trinajstić information content (AvgIpc) is 3.48. The van der Waals surface area contributed by atoms with Gasteiger partial charge in [-0.3, -0.25) is 14.5 Å². The predicted octanol–water partition coefficient (Wildman–Crippen LogP) is 5.30. The van der Waals surface area contributed by atoms with E-state index in [1.807, 2.05) is 41.8 Å². The Hall–Kier alpha value is -3.38. The molecule has 1 aliphatic heterocycles. The van der Waals surface area contributed by atoms with Gasteiger partial charge in [-0.05, 0) is 35.7 Å². The first-order chi connectivity index (χ1) is 14.2. The first kappa shape index (κ1) is 17.7. The van der Waals surface area contributed by atoms with Gasteiger partial charge in [0.25, 0.3) is 11.8 Å². The van der Waals surface area contributed by atoms with Crippen molar-refractivity contribution in [3.8, 4) is 5.75 Å². The molecule has 0 saturated carbocycles. The van der Waals surface area contributed by atoms with Crippen LogP contribution in [0.25, 0.3) is 11.0 Å². The summed E-state index contributed by atoms with van der Waals surface area (Å²) >= 11 is 1.59. The summed E-state index contributed by atoms with van der Waals surface area (Å²) in [7, 11) is 0. The number of carbonyl (C=O) groups is 2. The van der Waals surface area contributed by atoms with Gasteiger partial charge in [-0.15, -0.1) is 11.3 Å². The molecule has 0 fully saturated rings. The molecule has 2 amide bonds. The quantitative estimate of drug-likeness (QED) is 0.410. The van der Waals surface area contributed by atoms with Gasteiger partial charge in [-0.2, -0.15) is 0 Å². The van der Waals surface area contributed by atoms with Crippen LogP contribution in [-0.4, -0.2) is 23.3 Å². The van der Waals surface area contributed by atoms with E-state index >= 15 is 0 Å². The van der Waals surface area contributed by atoms with Crippen molar-refractivity contribution in [2.45, 2.75) is 12.5 Å². The lowest BCUT2D eigenvalue weighted by Gasteiger charge is -2.21. The van der Waals surface area contributed by atoms with E-state index in [2.05, 4.69) is 0 Å². The standard InChI is InChI=1S/C23H17NO4S/c25-22-16-6-1-2-7-17(16)23(26)24(22)12-10-18(20-9-4-14-29-20)28-19-8-3-5-15-11-13-27-21(15)19/h1-9,11,13-14,18H,10,12H2/t18-/m0/s1. The number of hydrogen-bond donors (Lipinski definition) is 0. The fraction of sp³-hybridized carbons (Fsp3) is 0.130. The summed E-state index contributed by atoms with van der Waals surface area (Å²) in [6.45, 7) is 0.281. The van der Waals surface area contributed by atoms with Crippen molar-refractivity contribution in [1.29, 1.82) is 0 Å². The van der Waals surface area contributed by atoms with Crippen molar-refractivity contribution >= 4 is 34.1 Å². The molecule has 2 aromatic carbocycles. The zero-order valence-electron chi connectivity index (χ0n) is 15.4. The third-order valence-electron chi connectivity index (χ3n) is 5.07. The lowest BCUT2D eigenvalue weighted by Crippen LogP contribution is -2.32. The van der Waals surface area contributed by atoms with E-state index in [4.69, 9.17) is 9.15 Å². The van der Waals surface area contributed by atoms with Gasteiger partial charge in [0, 0.05) is 23.2 Å². The minimum Gasteiger partial charge on any atom is -0.481 e. The van der Waals surface area contributed by atoms with Crippen molar-refractivity contribution in [3.63, 3.8) is 0 Å². The number of fused-ring (bicyclic) bond motifs is 2. The van der Waals surface area contributed by atoms with Crippen LogP contribution in [0, 0.1) is 0 Å². The summed E-state index contributed by atoms with van der Waals surface area (Å²) in [5, 5.41) is 2.95. The number of rotatable bonds is 6. The van der Waals surface area contributed by atoms with Crippen LogP contribution in [0.5, 0.6) is 5.75 Å². The Balaban J connectivity index is 1.39. The van der Waals surface area contributed by atoms with Gasteiger partial charge in [0.05, 0.1) is 17.4 Å². The minimum atomic E-state index is -0.296. The highest BCUT2D eigenvalue weighted by Gasteiger charge is 2.35. The number of ether oxygens (including phenoxy) is 1. The third-order valence-corrected chi connectivity index (χ3v) is 6.03. The molecule has 2 aromatic heterocycles. The van der Waals surface area contributed by atoms with Crippen LogP contribution < -0.4 is 4.74 Å². The van der Waals surface area contributed by atoms with Crippen LogP contribution in [0.1, 0.15) is 38.1 Å². The lowest BCUT2D eigenvalue weighted by atomic mass is 10.1. The van der Waals surface area contributed by atoms with Crippen molar-refractivity contribution in [1.82, 2.24) is 4.90 Å². The summed E-state index contributed by atoms with van der Waals surface area (Å²) in [6, 6.07) is 18.5. The molecule has 0 unspecified atom stereocenters. The third kappa shape index (κ3) is 3.11. The van der Waals surface area contributed by atoms with Gasteiger partial charge in [-0.25, -0.2) is 0 Å². The summed E-state index contributed by atoms with van der Waals surface area (Å²) in [5.74, 6) is 0.153. The molecule has 6 heteroatoms. The summed E-state index contributed by atoms with van der Waals surface area (Å²) < 4.78 is 11.9. The first-order valence-corrected chi connectivity index (χ1v) is 10.2. The van der Waals surface area contributed by atoms with Crippen LogP contribution in [0.15, 0.2) is 76.7 Å². The van der Waals surface area contributed by atoms with Crippen LogP contribution in [0.2, 0.25) is 0 Å². The number of carbonyl (C=O) groups excluding carboxylic acids is 2. The Morgan fingerprint density at radius 2 is 1.72 bits per heavy atom. The van der Waals surface area contributed by atoms with Gasteiger partial charge in [0.15, 0.2) is 11.3 Å². The maximum absolute atomic E-state index is 12.7. The number of thiophene rings is 1. The molecule has 0 bridgehead atoms. The second-order valence-electron chi connectivity index (χ2n) is 6.81. The number of imide groups is 1. The molecule has 3 heterocycles. The van der Waals surface area contributed by atoms with Gasteiger partial charge < -0.3 is 9.15 Å². The molecular formula is C23H17NO4S. The zero-order chi connectivity index (χ0) is 19.8. The molecule has 144 valence electrons. The monoisotopic (exact) mass is 403 g/mol. The van der Waals surface area contributed by atoms with Crippen LogP contribution in [-0.2, 0) is 0 Å². The number of amides is 2. The molecular weight excluding hydrogens is 386 g/mol. The van der Waals surface area contributed by atoms with Gasteiger partial charge in [0.2, 0.25) is 0 Å². The Kier molecular flexibility index (Phi) is 4.41. The fourth-order valence-electron chi connectivity index (χ4n) is 3.63. The van der Waals surface area contributed by atoms with Gasteiger partial charge in [-0.1, -0.05) is 30.3 Å². The molecule has 5 nitrogen and oxygen atoms in total. The first-order valence-electron chi connectivity index (χ1n) is 9.34. The van der Waals surface area contributed by atoms with E-state index in [0.29, 0.717) is 28.9 Å². The zero-order valence-corrected chi connectivity index (χ0v) is 16.2. The number of hydrogen-bond acceptors (Lipinski definition) is 5. The van der Waals surface area contributed by atoms with E-state index < -0.39 is 0 Å². The SMILES string of the molecule is O=C1c2ccccc2C(=O)N1CC[C@H](Oc1cccc2ccoc12)c1cccs1. The van der Waals surface area contributed by atoms with Crippen molar-refractivity contribution in [2.75, 3.05) is 6.54 Å². The fourth-order valence-corrected chi connectivity index (χ4v) is 4.42. The topological polar surface area (TPSA) is 59.8 Å². The lowest BCUT2D eigenvalue weighted by molar-refractivity contribution is 0.0630. The largest absolute Gasteiger partial charge is 0.481 e. The Bertz CT molecular complexity index is 1160. The van der Waals surface area contributed by atoms with Crippen molar-refractivity contribution in [2.24, 2.45) is 0 Å². The van der Waals surface area contributed by atoms with E-state index in [9.17, 15) is 9.59 Å². The molecule has 0 radical (unpaired) electrons. The molecule has 0 saturated heterocycles. The number of para-hydroxylation sites is 1. The number of benzene rings is 2. The average molecular weight is 403 g/mol. The van der Waals surface area contributed by atoms with Crippen LogP contribution in [0.3, 0.4) is 0 Å². The molecule has 29 heavy (non-hydrogen) atoms. The molecule has 4 aromatic rings. The number of nitrogens with zero attached hydrogens (tertiary/aromatic N) is 1. The van der Waals surface area contributed by atoms with Gasteiger partial charge >= 0.3 is 0 Å². The second kappa shape index (κ2) is 7.22. The molecule has 0 N–H and O–H groups in total. The van der Waals surface area contributed by atoms with Crippen molar-refractivity contribution in [3.05, 3.63) is 88.3 Å². The molecule has 0 spiro atoms. The highest BCUT2D eigenvalue weighted by Crippen LogP contribution is 2.34. The molecule has 0 aliphatic carbocycles. The van der Waals surface area contributed by atoms with E-state index in [1.54, 1.807) is 41.9 Å². The highest BCUT2D eigenvalue weighted by atomic mass is 32.1. The van der Waals surface area contributed by atoms with Gasteiger partial charge in [0.1, 0.15) is 6.10 Å². The second-order valence-corrected chi connectivity index (χ2v) is 7.79. The summed E-state index contributed by atoms with van der Waals surface area (Å²) in [6.07, 6.45) is 1.83. The molecule has 1 aliphatic rings. The molecule has 5 rings (SSSR count). The maximum Gasteiger partial charge on any atom is 0.261 e. The van der Waals surface area contributed by atoms with Crippen LogP contribution >= 0.6 is 11.3 Å². The van der Waals surface area contributed by atoms with E-state index in [0.717, 1.165) is 10.3 Å². The Labute approximate surface area is 171 Å². The summed E-state index contributed by atoms with van der Waals surface area (Å²) in [4.78, 5) is 27.7. The van der Waals surface area contributed by atoms with Crippen molar-refractivity contribution < 1.29 is 18.7 Å². The number of furan rings is 1. The van der Waals surface area contributed by atoms with E-state index in [-0.39, 0.29) is 24.5 Å². The highest BCUT2D eigenvalue weighted by molar-refractivity contribution is 7.10.